The van der Waals surface area contributed by atoms with Gasteiger partial charge < -0.3 is 10.1 Å². The lowest BCUT2D eigenvalue weighted by Gasteiger charge is -2.10. The number of carbonyl (C=O) groups excluding carboxylic acids is 2. The lowest BCUT2D eigenvalue weighted by atomic mass is 10.0. The fourth-order valence-corrected chi connectivity index (χ4v) is 2.44. The van der Waals surface area contributed by atoms with Crippen molar-refractivity contribution >= 4 is 22.8 Å². The normalized spacial score (nSPS) is 10.4. The van der Waals surface area contributed by atoms with E-state index in [0.29, 0.717) is 11.3 Å². The molecule has 0 aliphatic rings. The molecule has 120 valence electrons. The molecule has 3 rings (SSSR count). The number of rotatable bonds is 4. The van der Waals surface area contributed by atoms with E-state index in [1.54, 1.807) is 6.07 Å². The van der Waals surface area contributed by atoms with Gasteiger partial charge in [-0.3, -0.25) is 9.59 Å². The van der Waals surface area contributed by atoms with E-state index in [0.717, 1.165) is 16.5 Å². The average Bonchev–Trinajstić information content (AvgIpc) is 2.65. The second-order valence-corrected chi connectivity index (χ2v) is 5.20. The third-order valence-corrected chi connectivity index (χ3v) is 3.65. The number of amides is 1. The summed E-state index contributed by atoms with van der Waals surface area (Å²) in [4.78, 5) is 28.4. The summed E-state index contributed by atoms with van der Waals surface area (Å²) in [6.45, 7) is -0.174. The highest BCUT2D eigenvalue weighted by Crippen LogP contribution is 2.24. The molecule has 1 N–H and O–H groups in total. The molecule has 5 heteroatoms. The number of fused-ring (bicyclic) bond motifs is 1. The molecular weight excluding hydrogens is 304 g/mol. The van der Waals surface area contributed by atoms with Crippen LogP contribution in [0.3, 0.4) is 0 Å². The highest BCUT2D eigenvalue weighted by atomic mass is 16.5. The summed E-state index contributed by atoms with van der Waals surface area (Å²) >= 11 is 0. The van der Waals surface area contributed by atoms with Gasteiger partial charge >= 0.3 is 5.97 Å². The number of hydrogen-bond donors (Lipinski definition) is 1. The number of ether oxygens (including phenoxy) is 1. The molecule has 0 saturated carbocycles. The molecule has 2 aromatic carbocycles. The maximum Gasteiger partial charge on any atom is 0.325 e. The van der Waals surface area contributed by atoms with Gasteiger partial charge in [-0.1, -0.05) is 48.5 Å². The van der Waals surface area contributed by atoms with Crippen LogP contribution in [0.4, 0.5) is 0 Å². The summed E-state index contributed by atoms with van der Waals surface area (Å²) in [6.07, 6.45) is 0. The van der Waals surface area contributed by atoms with Crippen LogP contribution >= 0.6 is 0 Å². The van der Waals surface area contributed by atoms with E-state index in [-0.39, 0.29) is 12.5 Å². The molecule has 0 radical (unpaired) electrons. The molecule has 0 aliphatic heterocycles. The van der Waals surface area contributed by atoms with Gasteiger partial charge in [0.05, 0.1) is 23.9 Å². The first-order valence-electron chi connectivity index (χ1n) is 7.49. The predicted octanol–water partition coefficient (Wildman–Crippen LogP) is 2.80. The quantitative estimate of drug-likeness (QED) is 0.751. The van der Waals surface area contributed by atoms with Crippen LogP contribution in [0.1, 0.15) is 10.4 Å². The average molecular weight is 320 g/mol. The summed E-state index contributed by atoms with van der Waals surface area (Å²) in [5.74, 6) is -0.832. The van der Waals surface area contributed by atoms with Gasteiger partial charge in [-0.2, -0.15) is 0 Å². The maximum absolute atomic E-state index is 12.5. The van der Waals surface area contributed by atoms with Gasteiger partial charge in [-0.05, 0) is 12.1 Å². The van der Waals surface area contributed by atoms with Crippen molar-refractivity contribution in [3.05, 3.63) is 66.2 Å². The Morgan fingerprint density at radius 3 is 2.50 bits per heavy atom. The Balaban J connectivity index is 2.05. The highest BCUT2D eigenvalue weighted by Gasteiger charge is 2.14. The fourth-order valence-electron chi connectivity index (χ4n) is 2.44. The molecule has 0 fully saturated rings. The summed E-state index contributed by atoms with van der Waals surface area (Å²) in [5, 5.41) is 3.31. The molecule has 24 heavy (non-hydrogen) atoms. The third kappa shape index (κ3) is 3.25. The number of nitrogens with one attached hydrogen (secondary N) is 1. The standard InChI is InChI=1S/C19H16N2O3/c1-24-18(22)12-20-19(23)15-11-17(13-7-3-2-4-8-13)21-16-10-6-5-9-14(15)16/h2-11H,12H2,1H3,(H,20,23). The topological polar surface area (TPSA) is 68.3 Å². The van der Waals surface area contributed by atoms with Gasteiger partial charge in [0.2, 0.25) is 0 Å². The van der Waals surface area contributed by atoms with Gasteiger partial charge in [0, 0.05) is 10.9 Å². The van der Waals surface area contributed by atoms with Crippen LogP contribution in [0.5, 0.6) is 0 Å². The molecule has 0 bridgehead atoms. The van der Waals surface area contributed by atoms with Crippen molar-refractivity contribution in [2.45, 2.75) is 0 Å². The molecule has 5 nitrogen and oxygen atoms in total. The third-order valence-electron chi connectivity index (χ3n) is 3.65. The highest BCUT2D eigenvalue weighted by molar-refractivity contribution is 6.07. The first kappa shape index (κ1) is 15.7. The van der Waals surface area contributed by atoms with Gasteiger partial charge in [0.25, 0.3) is 5.91 Å². The van der Waals surface area contributed by atoms with Crippen LogP contribution < -0.4 is 5.32 Å². The smallest absolute Gasteiger partial charge is 0.325 e. The summed E-state index contributed by atoms with van der Waals surface area (Å²) in [5.41, 5.74) is 2.83. The first-order valence-corrected chi connectivity index (χ1v) is 7.49. The molecule has 1 amide bonds. The number of aromatic nitrogens is 1. The minimum absolute atomic E-state index is 0.174. The van der Waals surface area contributed by atoms with Crippen molar-refractivity contribution in [2.24, 2.45) is 0 Å². The molecule has 3 aromatic rings. The Morgan fingerprint density at radius 2 is 1.75 bits per heavy atom. The molecule has 1 aromatic heterocycles. The summed E-state index contributed by atoms with van der Waals surface area (Å²) in [6, 6.07) is 18.8. The van der Waals surface area contributed by atoms with Crippen molar-refractivity contribution in [1.82, 2.24) is 10.3 Å². The Kier molecular flexibility index (Phi) is 4.52. The lowest BCUT2D eigenvalue weighted by molar-refractivity contribution is -0.139. The van der Waals surface area contributed by atoms with Gasteiger partial charge in [0.1, 0.15) is 6.54 Å². The fraction of sp³-hybridized carbons (Fsp3) is 0.105. The van der Waals surface area contributed by atoms with Crippen molar-refractivity contribution in [1.29, 1.82) is 0 Å². The second-order valence-electron chi connectivity index (χ2n) is 5.20. The van der Waals surface area contributed by atoms with E-state index in [9.17, 15) is 9.59 Å². The van der Waals surface area contributed by atoms with E-state index in [1.807, 2.05) is 54.6 Å². The van der Waals surface area contributed by atoms with Crippen molar-refractivity contribution in [3.63, 3.8) is 0 Å². The number of hydrogen-bond acceptors (Lipinski definition) is 4. The number of para-hydroxylation sites is 1. The lowest BCUT2D eigenvalue weighted by Crippen LogP contribution is -2.30. The SMILES string of the molecule is COC(=O)CNC(=O)c1cc(-c2ccccc2)nc2ccccc12. The predicted molar refractivity (Wildman–Crippen MR) is 91.5 cm³/mol. The van der Waals surface area contributed by atoms with Crippen LogP contribution in [-0.2, 0) is 9.53 Å². The molecular formula is C19H16N2O3. The van der Waals surface area contributed by atoms with Crippen molar-refractivity contribution in [3.8, 4) is 11.3 Å². The van der Waals surface area contributed by atoms with E-state index in [2.05, 4.69) is 15.0 Å². The number of nitrogens with zero attached hydrogens (tertiary/aromatic N) is 1. The number of esters is 1. The molecule has 0 atom stereocenters. The Labute approximate surface area is 139 Å². The zero-order chi connectivity index (χ0) is 16.9. The van der Waals surface area contributed by atoms with Crippen LogP contribution in [0.2, 0.25) is 0 Å². The Bertz CT molecular complexity index is 892. The van der Waals surface area contributed by atoms with E-state index >= 15 is 0 Å². The largest absolute Gasteiger partial charge is 0.468 e. The van der Waals surface area contributed by atoms with Gasteiger partial charge in [0.15, 0.2) is 0 Å². The number of benzene rings is 2. The van der Waals surface area contributed by atoms with E-state index in [1.165, 1.54) is 7.11 Å². The van der Waals surface area contributed by atoms with Crippen LogP contribution in [-0.4, -0.2) is 30.5 Å². The van der Waals surface area contributed by atoms with E-state index in [4.69, 9.17) is 0 Å². The number of methoxy groups -OCH3 is 1. The Morgan fingerprint density at radius 1 is 1.04 bits per heavy atom. The second kappa shape index (κ2) is 6.91. The van der Waals surface area contributed by atoms with E-state index < -0.39 is 5.97 Å². The summed E-state index contributed by atoms with van der Waals surface area (Å²) < 4.78 is 4.55. The van der Waals surface area contributed by atoms with Crippen LogP contribution in [0.15, 0.2) is 60.7 Å². The minimum Gasteiger partial charge on any atom is -0.468 e. The first-order chi connectivity index (χ1) is 11.7. The Hall–Kier alpha value is -3.21. The van der Waals surface area contributed by atoms with Gasteiger partial charge in [-0.25, -0.2) is 4.98 Å². The van der Waals surface area contributed by atoms with Crippen molar-refractivity contribution in [2.75, 3.05) is 13.7 Å². The van der Waals surface area contributed by atoms with Gasteiger partial charge in [-0.15, -0.1) is 0 Å². The monoisotopic (exact) mass is 320 g/mol. The molecule has 0 unspecified atom stereocenters. The molecule has 0 saturated heterocycles. The van der Waals surface area contributed by atoms with Crippen molar-refractivity contribution < 1.29 is 14.3 Å². The van der Waals surface area contributed by atoms with Crippen LogP contribution in [0, 0.1) is 0 Å². The summed E-state index contributed by atoms with van der Waals surface area (Å²) in [7, 11) is 1.28. The zero-order valence-corrected chi connectivity index (χ0v) is 13.2. The molecule has 1 heterocycles. The number of pyridine rings is 1. The zero-order valence-electron chi connectivity index (χ0n) is 13.2. The number of carbonyl (C=O) groups is 2. The molecule has 0 aliphatic carbocycles. The molecule has 0 spiro atoms. The maximum atomic E-state index is 12.5. The van der Waals surface area contributed by atoms with Crippen LogP contribution in [0.25, 0.3) is 22.2 Å². The minimum atomic E-state index is -0.495.